The lowest BCUT2D eigenvalue weighted by molar-refractivity contribution is -0.0496. The van der Waals surface area contributed by atoms with Crippen LogP contribution in [0.25, 0.3) is 0 Å². The van der Waals surface area contributed by atoms with E-state index in [0.29, 0.717) is 19.3 Å². The van der Waals surface area contributed by atoms with Gasteiger partial charge in [0.25, 0.3) is 0 Å². The van der Waals surface area contributed by atoms with Crippen LogP contribution in [0.4, 0.5) is 8.78 Å². The molecule has 18 heavy (non-hydrogen) atoms. The Morgan fingerprint density at radius 3 is 2.33 bits per heavy atom. The maximum atomic E-state index is 13.1. The zero-order valence-corrected chi connectivity index (χ0v) is 11.9. The quantitative estimate of drug-likeness (QED) is 0.813. The summed E-state index contributed by atoms with van der Waals surface area (Å²) in [5, 5.41) is 3.15. The third-order valence-electron chi connectivity index (χ3n) is 3.73. The van der Waals surface area contributed by atoms with Gasteiger partial charge in [0.15, 0.2) is 0 Å². The lowest BCUT2D eigenvalue weighted by atomic mass is 9.81. The summed E-state index contributed by atoms with van der Waals surface area (Å²) < 4.78 is 48.2. The van der Waals surface area contributed by atoms with Crippen molar-refractivity contribution in [1.29, 1.82) is 0 Å². The highest BCUT2D eigenvalue weighted by molar-refractivity contribution is 7.90. The second-order valence-corrected chi connectivity index (χ2v) is 7.62. The summed E-state index contributed by atoms with van der Waals surface area (Å²) in [5.41, 5.74) is 0. The largest absolute Gasteiger partial charge is 0.317 e. The van der Waals surface area contributed by atoms with E-state index in [1.807, 2.05) is 7.05 Å². The first kappa shape index (κ1) is 15.8. The van der Waals surface area contributed by atoms with Crippen LogP contribution in [0.1, 0.15) is 38.5 Å². The molecule has 3 nitrogen and oxygen atoms in total. The summed E-state index contributed by atoms with van der Waals surface area (Å²) in [7, 11) is -1.11. The number of hydrogen-bond acceptors (Lipinski definition) is 3. The van der Waals surface area contributed by atoms with Crippen LogP contribution in [0, 0.1) is 5.92 Å². The van der Waals surface area contributed by atoms with Crippen LogP contribution in [-0.4, -0.2) is 39.4 Å². The average molecular weight is 283 g/mol. The van der Waals surface area contributed by atoms with Gasteiger partial charge in [-0.3, -0.25) is 0 Å². The maximum absolute atomic E-state index is 13.1. The molecule has 108 valence electrons. The van der Waals surface area contributed by atoms with E-state index in [0.717, 1.165) is 6.42 Å². The van der Waals surface area contributed by atoms with Crippen molar-refractivity contribution in [2.45, 2.75) is 50.5 Å². The first-order valence-electron chi connectivity index (χ1n) is 6.46. The van der Waals surface area contributed by atoms with Crippen molar-refractivity contribution in [1.82, 2.24) is 5.32 Å². The first-order valence-corrected chi connectivity index (χ1v) is 8.52. The number of sulfone groups is 1. The Balaban J connectivity index is 2.38. The van der Waals surface area contributed by atoms with Gasteiger partial charge >= 0.3 is 0 Å². The average Bonchev–Trinajstić information content (AvgIpc) is 2.24. The Morgan fingerprint density at radius 1 is 1.33 bits per heavy atom. The second-order valence-electron chi connectivity index (χ2n) is 5.36. The molecule has 0 heterocycles. The van der Waals surface area contributed by atoms with Gasteiger partial charge < -0.3 is 5.32 Å². The van der Waals surface area contributed by atoms with E-state index >= 15 is 0 Å². The van der Waals surface area contributed by atoms with Crippen molar-refractivity contribution in [3.8, 4) is 0 Å². The van der Waals surface area contributed by atoms with Gasteiger partial charge in [-0.05, 0) is 38.6 Å². The molecule has 0 aliphatic heterocycles. The third kappa shape index (κ3) is 5.61. The molecule has 1 N–H and O–H groups in total. The molecule has 1 fully saturated rings. The standard InChI is InChI=1S/C12H23F2NO2S/c1-15-11(4-3-9-18(2,16)17)10-5-7-12(13,14)8-6-10/h10-11,15H,3-9H2,1-2H3. The zero-order chi connectivity index (χ0) is 13.8. The van der Waals surface area contributed by atoms with Gasteiger partial charge in [0.1, 0.15) is 9.84 Å². The fourth-order valence-electron chi connectivity index (χ4n) is 2.65. The molecule has 1 atom stereocenters. The molecule has 0 amide bonds. The van der Waals surface area contributed by atoms with E-state index in [-0.39, 0.29) is 30.6 Å². The van der Waals surface area contributed by atoms with E-state index in [1.165, 1.54) is 6.26 Å². The fraction of sp³-hybridized carbons (Fsp3) is 1.00. The smallest absolute Gasteiger partial charge is 0.248 e. The number of hydrogen-bond donors (Lipinski definition) is 1. The molecule has 1 rings (SSSR count). The minimum absolute atomic E-state index is 0.0398. The van der Waals surface area contributed by atoms with Crippen molar-refractivity contribution in [3.05, 3.63) is 0 Å². The predicted octanol–water partition coefficient (Wildman–Crippen LogP) is 2.22. The molecule has 0 saturated heterocycles. The van der Waals surface area contributed by atoms with Crippen LogP contribution >= 0.6 is 0 Å². The van der Waals surface area contributed by atoms with Gasteiger partial charge in [0.05, 0.1) is 0 Å². The van der Waals surface area contributed by atoms with E-state index in [1.54, 1.807) is 0 Å². The first-order chi connectivity index (χ1) is 8.23. The molecule has 0 aromatic heterocycles. The molecule has 0 spiro atoms. The lowest BCUT2D eigenvalue weighted by Crippen LogP contribution is -2.38. The molecule has 6 heteroatoms. The normalized spacial score (nSPS) is 22.9. The molecule has 0 aromatic carbocycles. The van der Waals surface area contributed by atoms with Gasteiger partial charge in [0.2, 0.25) is 5.92 Å². The molecule has 0 aromatic rings. The van der Waals surface area contributed by atoms with Gasteiger partial charge in [-0.25, -0.2) is 17.2 Å². The van der Waals surface area contributed by atoms with Crippen molar-refractivity contribution in [2.24, 2.45) is 5.92 Å². The van der Waals surface area contributed by atoms with E-state index in [9.17, 15) is 17.2 Å². The van der Waals surface area contributed by atoms with Crippen molar-refractivity contribution in [2.75, 3.05) is 19.1 Å². The highest BCUT2D eigenvalue weighted by Crippen LogP contribution is 2.38. The number of nitrogens with one attached hydrogen (secondary N) is 1. The maximum Gasteiger partial charge on any atom is 0.248 e. The summed E-state index contributed by atoms with van der Waals surface area (Å²) in [6.45, 7) is 0. The van der Waals surface area contributed by atoms with Crippen molar-refractivity contribution in [3.63, 3.8) is 0 Å². The molecular formula is C12H23F2NO2S. The molecule has 1 aliphatic carbocycles. The number of halogens is 2. The molecule has 1 aliphatic rings. The van der Waals surface area contributed by atoms with Crippen molar-refractivity contribution < 1.29 is 17.2 Å². The SMILES string of the molecule is CNC(CCCS(C)(=O)=O)C1CCC(F)(F)CC1. The van der Waals surface area contributed by atoms with Crippen LogP contribution in [-0.2, 0) is 9.84 Å². The Bertz CT molecular complexity index is 347. The number of rotatable bonds is 6. The lowest BCUT2D eigenvalue weighted by Gasteiger charge is -2.33. The Hall–Kier alpha value is -0.230. The third-order valence-corrected chi connectivity index (χ3v) is 4.76. The highest BCUT2D eigenvalue weighted by atomic mass is 32.2. The van der Waals surface area contributed by atoms with Crippen LogP contribution in [0.2, 0.25) is 0 Å². The van der Waals surface area contributed by atoms with Crippen LogP contribution in [0.15, 0.2) is 0 Å². The summed E-state index contributed by atoms with van der Waals surface area (Å²) >= 11 is 0. The Kier molecular flexibility index (Phi) is 5.52. The molecule has 1 unspecified atom stereocenters. The van der Waals surface area contributed by atoms with Crippen LogP contribution in [0.5, 0.6) is 0 Å². The summed E-state index contributed by atoms with van der Waals surface area (Å²) in [6.07, 6.45) is 3.53. The van der Waals surface area contributed by atoms with Crippen LogP contribution in [0.3, 0.4) is 0 Å². The topological polar surface area (TPSA) is 46.2 Å². The highest BCUT2D eigenvalue weighted by Gasteiger charge is 2.37. The Labute approximate surface area is 108 Å². The van der Waals surface area contributed by atoms with Crippen LogP contribution < -0.4 is 5.32 Å². The molecule has 1 saturated carbocycles. The minimum atomic E-state index is -2.93. The van der Waals surface area contributed by atoms with E-state index in [4.69, 9.17) is 0 Å². The Morgan fingerprint density at radius 2 is 1.89 bits per heavy atom. The number of alkyl halides is 2. The molecule has 0 radical (unpaired) electrons. The second kappa shape index (κ2) is 6.28. The van der Waals surface area contributed by atoms with E-state index < -0.39 is 15.8 Å². The van der Waals surface area contributed by atoms with Gasteiger partial charge in [-0.1, -0.05) is 0 Å². The van der Waals surface area contributed by atoms with Gasteiger partial charge in [0, 0.05) is 30.9 Å². The summed E-state index contributed by atoms with van der Waals surface area (Å²) in [4.78, 5) is 0. The van der Waals surface area contributed by atoms with E-state index in [2.05, 4.69) is 5.32 Å². The zero-order valence-electron chi connectivity index (χ0n) is 11.1. The van der Waals surface area contributed by atoms with Gasteiger partial charge in [-0.15, -0.1) is 0 Å². The summed E-state index contributed by atoms with van der Waals surface area (Å²) in [5.74, 6) is -2.08. The minimum Gasteiger partial charge on any atom is -0.317 e. The molecular weight excluding hydrogens is 260 g/mol. The monoisotopic (exact) mass is 283 g/mol. The van der Waals surface area contributed by atoms with Gasteiger partial charge in [-0.2, -0.15) is 0 Å². The molecule has 0 bridgehead atoms. The predicted molar refractivity (Wildman–Crippen MR) is 68.7 cm³/mol. The fourth-order valence-corrected chi connectivity index (χ4v) is 3.34. The summed E-state index contributed by atoms with van der Waals surface area (Å²) in [6, 6.07) is 0.155. The van der Waals surface area contributed by atoms with Crippen molar-refractivity contribution >= 4 is 9.84 Å².